The van der Waals surface area contributed by atoms with Gasteiger partial charge in [-0.25, -0.2) is 0 Å². The quantitative estimate of drug-likeness (QED) is 0.803. The van der Waals surface area contributed by atoms with E-state index in [1.165, 1.54) is 0 Å². The van der Waals surface area contributed by atoms with E-state index in [2.05, 4.69) is 0 Å². The Morgan fingerprint density at radius 2 is 2.28 bits per heavy atom. The van der Waals surface area contributed by atoms with Crippen LogP contribution in [0.15, 0.2) is 22.8 Å². The molecule has 1 aromatic heterocycles. The number of ether oxygens (including phenoxy) is 1. The second-order valence-corrected chi connectivity index (χ2v) is 5.21. The largest absolute Gasteiger partial charge is 0.467 e. The van der Waals surface area contributed by atoms with E-state index in [0.717, 1.165) is 38.1 Å². The number of amides is 1. The number of hydrogen-bond acceptors (Lipinski definition) is 3. The summed E-state index contributed by atoms with van der Waals surface area (Å²) in [5.41, 5.74) is 0. The van der Waals surface area contributed by atoms with E-state index in [4.69, 9.17) is 9.15 Å². The summed E-state index contributed by atoms with van der Waals surface area (Å²) in [5, 5.41) is 0. The first-order chi connectivity index (χ1) is 8.83. The molecular weight excluding hydrogens is 230 g/mol. The van der Waals surface area contributed by atoms with Gasteiger partial charge in [0.15, 0.2) is 0 Å². The van der Waals surface area contributed by atoms with Gasteiger partial charge in [-0.2, -0.15) is 0 Å². The van der Waals surface area contributed by atoms with E-state index >= 15 is 0 Å². The van der Waals surface area contributed by atoms with Crippen molar-refractivity contribution in [2.45, 2.75) is 38.3 Å². The average molecular weight is 249 g/mol. The number of rotatable bonds is 5. The highest BCUT2D eigenvalue weighted by Gasteiger charge is 2.35. The van der Waals surface area contributed by atoms with E-state index in [1.54, 1.807) is 6.26 Å². The van der Waals surface area contributed by atoms with Crippen molar-refractivity contribution in [3.05, 3.63) is 24.2 Å². The Hall–Kier alpha value is -1.29. The van der Waals surface area contributed by atoms with Crippen LogP contribution in [0.5, 0.6) is 0 Å². The molecule has 1 aliphatic carbocycles. The van der Waals surface area contributed by atoms with Gasteiger partial charge in [-0.1, -0.05) is 0 Å². The number of carbonyl (C=O) groups excluding carboxylic acids is 1. The van der Waals surface area contributed by atoms with E-state index in [1.807, 2.05) is 17.0 Å². The third-order valence-electron chi connectivity index (χ3n) is 3.61. The van der Waals surface area contributed by atoms with Crippen LogP contribution in [0.1, 0.15) is 31.4 Å². The van der Waals surface area contributed by atoms with Crippen molar-refractivity contribution < 1.29 is 13.9 Å². The van der Waals surface area contributed by atoms with Gasteiger partial charge in [0, 0.05) is 19.1 Å². The predicted octanol–water partition coefficient (Wildman–Crippen LogP) is 2.20. The molecule has 1 saturated carbocycles. The van der Waals surface area contributed by atoms with Gasteiger partial charge >= 0.3 is 0 Å². The van der Waals surface area contributed by atoms with Gasteiger partial charge < -0.3 is 14.1 Å². The van der Waals surface area contributed by atoms with Crippen LogP contribution >= 0.6 is 0 Å². The molecule has 0 unspecified atom stereocenters. The van der Waals surface area contributed by atoms with Gasteiger partial charge in [-0.15, -0.1) is 0 Å². The molecule has 2 aliphatic rings. The zero-order chi connectivity index (χ0) is 12.4. The van der Waals surface area contributed by atoms with Crippen molar-refractivity contribution in [2.75, 3.05) is 13.2 Å². The van der Waals surface area contributed by atoms with Crippen molar-refractivity contribution in [3.63, 3.8) is 0 Å². The maximum atomic E-state index is 12.2. The van der Waals surface area contributed by atoms with Crippen LogP contribution < -0.4 is 0 Å². The van der Waals surface area contributed by atoms with E-state index < -0.39 is 0 Å². The highest BCUT2D eigenvalue weighted by atomic mass is 16.5. The summed E-state index contributed by atoms with van der Waals surface area (Å²) in [5.74, 6) is 1.37. The molecule has 1 saturated heterocycles. The van der Waals surface area contributed by atoms with Gasteiger partial charge in [0.25, 0.3) is 0 Å². The first-order valence-corrected chi connectivity index (χ1v) is 6.75. The van der Waals surface area contributed by atoms with Crippen LogP contribution in [0.2, 0.25) is 0 Å². The molecule has 18 heavy (non-hydrogen) atoms. The van der Waals surface area contributed by atoms with Crippen molar-refractivity contribution in [1.29, 1.82) is 0 Å². The lowest BCUT2D eigenvalue weighted by Crippen LogP contribution is -2.37. The van der Waals surface area contributed by atoms with Crippen LogP contribution in [-0.2, 0) is 16.1 Å². The summed E-state index contributed by atoms with van der Waals surface area (Å²) in [4.78, 5) is 14.2. The molecule has 1 aromatic rings. The minimum absolute atomic E-state index is 0.211. The molecule has 0 radical (unpaired) electrons. The summed E-state index contributed by atoms with van der Waals surface area (Å²) in [6.45, 7) is 2.11. The average Bonchev–Trinajstić information content (AvgIpc) is 2.88. The Labute approximate surface area is 107 Å². The van der Waals surface area contributed by atoms with Gasteiger partial charge in [0.2, 0.25) is 5.91 Å². The third kappa shape index (κ3) is 2.75. The molecule has 4 heteroatoms. The monoisotopic (exact) mass is 249 g/mol. The Morgan fingerprint density at radius 3 is 2.89 bits per heavy atom. The Kier molecular flexibility index (Phi) is 3.37. The van der Waals surface area contributed by atoms with Gasteiger partial charge in [-0.3, -0.25) is 4.79 Å². The molecule has 98 valence electrons. The van der Waals surface area contributed by atoms with Crippen molar-refractivity contribution in [2.24, 2.45) is 5.92 Å². The first kappa shape index (κ1) is 11.8. The number of nitrogens with zero attached hydrogens (tertiary/aromatic N) is 1. The first-order valence-electron chi connectivity index (χ1n) is 6.75. The van der Waals surface area contributed by atoms with Crippen LogP contribution in [0, 0.1) is 5.92 Å². The summed E-state index contributed by atoms with van der Waals surface area (Å²) < 4.78 is 11.0. The molecule has 0 N–H and O–H groups in total. The fourth-order valence-corrected chi connectivity index (χ4v) is 2.45. The van der Waals surface area contributed by atoms with E-state index in [0.29, 0.717) is 13.1 Å². The van der Waals surface area contributed by atoms with Crippen molar-refractivity contribution in [3.8, 4) is 0 Å². The van der Waals surface area contributed by atoms with Crippen LogP contribution in [0.25, 0.3) is 0 Å². The number of hydrogen-bond donors (Lipinski definition) is 0. The fraction of sp³-hybridized carbons (Fsp3) is 0.643. The van der Waals surface area contributed by atoms with Crippen LogP contribution in [0.3, 0.4) is 0 Å². The Balaban J connectivity index is 1.64. The lowest BCUT2D eigenvalue weighted by atomic mass is 10.2. The smallest absolute Gasteiger partial charge is 0.226 e. The van der Waals surface area contributed by atoms with Crippen molar-refractivity contribution in [1.82, 2.24) is 4.90 Å². The lowest BCUT2D eigenvalue weighted by Gasteiger charge is -2.24. The molecule has 3 rings (SSSR count). The maximum absolute atomic E-state index is 12.2. The topological polar surface area (TPSA) is 42.7 Å². The highest BCUT2D eigenvalue weighted by molar-refractivity contribution is 5.81. The normalized spacial score (nSPS) is 23.2. The fourth-order valence-electron chi connectivity index (χ4n) is 2.45. The highest BCUT2D eigenvalue weighted by Crippen LogP contribution is 2.32. The summed E-state index contributed by atoms with van der Waals surface area (Å²) >= 11 is 0. The lowest BCUT2D eigenvalue weighted by molar-refractivity contribution is -0.135. The molecule has 4 nitrogen and oxygen atoms in total. The molecule has 1 amide bonds. The second kappa shape index (κ2) is 5.14. The van der Waals surface area contributed by atoms with Gasteiger partial charge in [0.05, 0.1) is 18.9 Å². The third-order valence-corrected chi connectivity index (χ3v) is 3.61. The standard InChI is InChI=1S/C14H19NO3/c16-14(11-5-6-11)15(9-12-3-1-7-17-12)10-13-4-2-8-18-13/h1,3,7,11,13H,2,4-6,8-10H2/t13-/m1/s1. The summed E-state index contributed by atoms with van der Waals surface area (Å²) in [6.07, 6.45) is 6.12. The number of carbonyl (C=O) groups is 1. The molecule has 2 fully saturated rings. The molecule has 1 atom stereocenters. The Bertz CT molecular complexity index is 391. The SMILES string of the molecule is O=C(C1CC1)N(Cc1ccco1)C[C@H]1CCCO1. The Morgan fingerprint density at radius 1 is 1.39 bits per heavy atom. The molecule has 0 aromatic carbocycles. The molecule has 1 aliphatic heterocycles. The minimum Gasteiger partial charge on any atom is -0.467 e. The van der Waals surface area contributed by atoms with Crippen LogP contribution in [0.4, 0.5) is 0 Å². The predicted molar refractivity (Wildman–Crippen MR) is 65.8 cm³/mol. The maximum Gasteiger partial charge on any atom is 0.226 e. The molecular formula is C14H19NO3. The molecule has 0 bridgehead atoms. The minimum atomic E-state index is 0.211. The van der Waals surface area contributed by atoms with Crippen LogP contribution in [-0.4, -0.2) is 30.1 Å². The summed E-state index contributed by atoms with van der Waals surface area (Å²) in [7, 11) is 0. The molecule has 0 spiro atoms. The zero-order valence-corrected chi connectivity index (χ0v) is 10.5. The number of furan rings is 1. The summed E-state index contributed by atoms with van der Waals surface area (Å²) in [6, 6.07) is 3.78. The zero-order valence-electron chi connectivity index (χ0n) is 10.5. The van der Waals surface area contributed by atoms with Gasteiger partial charge in [-0.05, 0) is 37.8 Å². The van der Waals surface area contributed by atoms with Crippen molar-refractivity contribution >= 4 is 5.91 Å². The van der Waals surface area contributed by atoms with E-state index in [-0.39, 0.29) is 17.9 Å². The second-order valence-electron chi connectivity index (χ2n) is 5.21. The van der Waals surface area contributed by atoms with Gasteiger partial charge in [0.1, 0.15) is 5.76 Å². The van der Waals surface area contributed by atoms with E-state index in [9.17, 15) is 4.79 Å². The molecule has 2 heterocycles.